The molecule has 0 fully saturated rings. The summed E-state index contributed by atoms with van der Waals surface area (Å²) in [4.78, 5) is 0. The van der Waals surface area contributed by atoms with Crippen molar-refractivity contribution in [1.82, 2.24) is 0 Å². The molecule has 2 N–H and O–H groups in total. The van der Waals surface area contributed by atoms with E-state index in [1.807, 2.05) is 0 Å². The second-order valence-corrected chi connectivity index (χ2v) is 7.10. The first kappa shape index (κ1) is 18.0. The molecule has 0 amide bonds. The van der Waals surface area contributed by atoms with Crippen LogP contribution in [0.25, 0.3) is 0 Å². The van der Waals surface area contributed by atoms with Gasteiger partial charge in [-0.15, -0.1) is 0 Å². The van der Waals surface area contributed by atoms with Crippen molar-refractivity contribution in [3.63, 3.8) is 0 Å². The van der Waals surface area contributed by atoms with Crippen molar-refractivity contribution in [3.8, 4) is 0 Å². The molecule has 0 bridgehead atoms. The molecule has 0 radical (unpaired) electrons. The largest absolute Gasteiger partial charge is 0.388 e. The highest BCUT2D eigenvalue weighted by molar-refractivity contribution is 6.54. The summed E-state index contributed by atoms with van der Waals surface area (Å²) in [5.74, 6) is -1.50. The van der Waals surface area contributed by atoms with Crippen LogP contribution < -0.4 is 0 Å². The molecular weight excluding hydrogens is 172 g/mol. The Balaban J connectivity index is -0.000000105. The Morgan fingerprint density at radius 1 is 1.00 bits per heavy atom. The van der Waals surface area contributed by atoms with Crippen LogP contribution in [0.4, 0.5) is 0 Å². The van der Waals surface area contributed by atoms with Crippen LogP contribution in [0.3, 0.4) is 0 Å². The van der Waals surface area contributed by atoms with Crippen molar-refractivity contribution in [3.05, 3.63) is 0 Å². The summed E-state index contributed by atoms with van der Waals surface area (Å²) < 4.78 is 4.25. The lowest BCUT2D eigenvalue weighted by Crippen LogP contribution is -2.15. The van der Waals surface area contributed by atoms with Crippen molar-refractivity contribution in [2.75, 3.05) is 14.2 Å². The van der Waals surface area contributed by atoms with Crippen LogP contribution in [-0.2, 0) is 4.74 Å². The molecule has 0 atom stereocenters. The molecule has 0 spiro atoms. The van der Waals surface area contributed by atoms with E-state index in [0.717, 1.165) is 0 Å². The molecule has 0 heterocycles. The van der Waals surface area contributed by atoms with E-state index in [1.165, 1.54) is 13.8 Å². The van der Waals surface area contributed by atoms with Crippen LogP contribution in [0.2, 0.25) is 19.6 Å². The molecule has 4 heteroatoms. The minimum Gasteiger partial charge on any atom is -0.388 e. The van der Waals surface area contributed by atoms with Crippen LogP contribution >= 0.6 is 0 Å². The van der Waals surface area contributed by atoms with Gasteiger partial charge in [-0.1, -0.05) is 19.6 Å². The number of hydrogen-bond acceptors (Lipinski definition) is 3. The van der Waals surface area contributed by atoms with Gasteiger partial charge in [0.05, 0.1) is 0 Å². The average Bonchev–Trinajstić information content (AvgIpc) is 1.56. The summed E-state index contributed by atoms with van der Waals surface area (Å²) in [5.41, 5.74) is 0. The van der Waals surface area contributed by atoms with E-state index in [2.05, 4.69) is 24.4 Å². The van der Waals surface area contributed by atoms with E-state index < -0.39 is 5.79 Å². The summed E-state index contributed by atoms with van der Waals surface area (Å²) in [5, 5.41) is 16.2. The Hall–Kier alpha value is 0.0969. The predicted octanol–water partition coefficient (Wildman–Crippen LogP) is 1.07. The van der Waals surface area contributed by atoms with Gasteiger partial charge in [0.2, 0.25) is 0 Å². The van der Waals surface area contributed by atoms with Crippen molar-refractivity contribution < 1.29 is 14.9 Å². The normalized spacial score (nSPS) is 9.50. The zero-order chi connectivity index (χ0) is 10.8. The van der Waals surface area contributed by atoms with Gasteiger partial charge in [0.1, 0.15) is 0 Å². The second kappa shape index (κ2) is 11.1. The molecule has 3 nitrogen and oxygen atoms in total. The number of hydrogen-bond donors (Lipinski definition) is 2. The minimum atomic E-state index is -1.50. The van der Waals surface area contributed by atoms with Crippen LogP contribution in [0.5, 0.6) is 0 Å². The van der Waals surface area contributed by atoms with Crippen molar-refractivity contribution in [2.45, 2.75) is 39.3 Å². The lowest BCUT2D eigenvalue weighted by atomic mass is 10.4. The van der Waals surface area contributed by atoms with Gasteiger partial charge in [0.25, 0.3) is 0 Å². The molecule has 0 saturated carbocycles. The third-order valence-electron chi connectivity index (χ3n) is 0. The van der Waals surface area contributed by atoms with E-state index in [1.54, 1.807) is 14.2 Å². The Morgan fingerprint density at radius 2 is 1.00 bits per heavy atom. The van der Waals surface area contributed by atoms with Crippen LogP contribution in [-0.4, -0.2) is 39.0 Å². The number of rotatable bonds is 0. The highest BCUT2D eigenvalue weighted by Gasteiger charge is 2.00. The predicted molar refractivity (Wildman–Crippen MR) is 56.2 cm³/mol. The number of aliphatic hydroxyl groups is 2. The topological polar surface area (TPSA) is 49.7 Å². The molecule has 0 unspecified atom stereocenters. The van der Waals surface area contributed by atoms with Gasteiger partial charge in [-0.3, -0.25) is 0 Å². The van der Waals surface area contributed by atoms with Gasteiger partial charge >= 0.3 is 0 Å². The van der Waals surface area contributed by atoms with Gasteiger partial charge in [-0.05, 0) is 13.8 Å². The molecular formula is C8H24O3Si. The van der Waals surface area contributed by atoms with Crippen LogP contribution in [0, 0.1) is 0 Å². The minimum absolute atomic E-state index is 0.139. The molecule has 0 aromatic heterocycles. The first-order valence-corrected chi connectivity index (χ1v) is 7.46. The third-order valence-corrected chi connectivity index (χ3v) is 0. The first-order valence-electron chi connectivity index (χ1n) is 4.00. The standard InChI is InChI=1S/C3H8O2.C3H10Si.C2H6O/c1-3(2,4)5;1-4(2)3;1-3-2/h4-5H,1-2H3;4H,1-3H3;1-2H3. The maximum absolute atomic E-state index is 8.08. The quantitative estimate of drug-likeness (QED) is 0.450. The Morgan fingerprint density at radius 3 is 1.00 bits per heavy atom. The summed E-state index contributed by atoms with van der Waals surface area (Å²) in [6.07, 6.45) is 0. The van der Waals surface area contributed by atoms with E-state index >= 15 is 0 Å². The fraction of sp³-hybridized carbons (Fsp3) is 1.00. The highest BCUT2D eigenvalue weighted by Crippen LogP contribution is 1.88. The van der Waals surface area contributed by atoms with Gasteiger partial charge in [0, 0.05) is 23.0 Å². The SMILES string of the molecule is CC(C)(O)O.COC.C[SiH](C)C. The Labute approximate surface area is 78.0 Å². The Bertz CT molecular complexity index is 60.4. The van der Waals surface area contributed by atoms with E-state index in [9.17, 15) is 0 Å². The molecule has 0 saturated heterocycles. The van der Waals surface area contributed by atoms with Crippen molar-refractivity contribution in [1.29, 1.82) is 0 Å². The molecule has 0 aliphatic heterocycles. The second-order valence-electron chi connectivity index (χ2n) is 3.63. The van der Waals surface area contributed by atoms with Gasteiger partial charge in [0.15, 0.2) is 5.79 Å². The maximum Gasteiger partial charge on any atom is 0.156 e. The summed E-state index contributed by atoms with van der Waals surface area (Å²) in [7, 11) is 3.11. The fourth-order valence-corrected chi connectivity index (χ4v) is 0. The molecule has 12 heavy (non-hydrogen) atoms. The van der Waals surface area contributed by atoms with Gasteiger partial charge in [-0.2, -0.15) is 0 Å². The molecule has 78 valence electrons. The molecule has 0 rings (SSSR count). The Kier molecular flexibility index (Phi) is 16.6. The summed E-state index contributed by atoms with van der Waals surface area (Å²) in [6, 6.07) is 0. The zero-order valence-electron chi connectivity index (χ0n) is 9.38. The maximum atomic E-state index is 8.08. The van der Waals surface area contributed by atoms with E-state index in [0.29, 0.717) is 0 Å². The smallest absolute Gasteiger partial charge is 0.156 e. The molecule has 0 aromatic rings. The van der Waals surface area contributed by atoms with E-state index in [-0.39, 0.29) is 8.80 Å². The van der Waals surface area contributed by atoms with Crippen molar-refractivity contribution >= 4 is 8.80 Å². The number of methoxy groups -OCH3 is 1. The van der Waals surface area contributed by atoms with Crippen LogP contribution in [0.15, 0.2) is 0 Å². The van der Waals surface area contributed by atoms with Crippen LogP contribution in [0.1, 0.15) is 13.8 Å². The van der Waals surface area contributed by atoms with Crippen molar-refractivity contribution in [2.24, 2.45) is 0 Å². The first-order chi connectivity index (χ1) is 5.15. The molecule has 0 aromatic carbocycles. The monoisotopic (exact) mass is 196 g/mol. The average molecular weight is 196 g/mol. The lowest BCUT2D eigenvalue weighted by molar-refractivity contribution is -0.127. The highest BCUT2D eigenvalue weighted by atomic mass is 28.3. The molecule has 0 aliphatic rings. The summed E-state index contributed by atoms with van der Waals surface area (Å²) in [6.45, 7) is 9.51. The summed E-state index contributed by atoms with van der Waals surface area (Å²) >= 11 is 0. The fourth-order valence-electron chi connectivity index (χ4n) is 0. The van der Waals surface area contributed by atoms with Gasteiger partial charge in [-0.25, -0.2) is 0 Å². The van der Waals surface area contributed by atoms with Gasteiger partial charge < -0.3 is 14.9 Å². The lowest BCUT2D eigenvalue weighted by Gasteiger charge is -2.03. The zero-order valence-corrected chi connectivity index (χ0v) is 10.5. The third kappa shape index (κ3) is 89000. The molecule has 0 aliphatic carbocycles. The van der Waals surface area contributed by atoms with E-state index in [4.69, 9.17) is 10.2 Å². The number of ether oxygens (including phenoxy) is 1.